The Balaban J connectivity index is 1.65. The topological polar surface area (TPSA) is 78.4 Å². The van der Waals surface area contributed by atoms with Crippen molar-refractivity contribution in [1.29, 1.82) is 0 Å². The minimum Gasteiger partial charge on any atom is -0.508 e. The lowest BCUT2D eigenvalue weighted by Gasteiger charge is -2.36. The molecule has 6 heteroatoms. The van der Waals surface area contributed by atoms with Crippen LogP contribution in [0.3, 0.4) is 0 Å². The first-order chi connectivity index (χ1) is 12.7. The first kappa shape index (κ1) is 18.2. The molecule has 3 rings (SSSR count). The number of phenols is 1. The molecule has 1 aliphatic rings. The summed E-state index contributed by atoms with van der Waals surface area (Å²) in [7, 11) is 0. The predicted molar refractivity (Wildman–Crippen MR) is 101 cm³/mol. The summed E-state index contributed by atoms with van der Waals surface area (Å²) in [5.41, 5.74) is 1.72. The minimum absolute atomic E-state index is 0.0171. The van der Waals surface area contributed by atoms with E-state index < -0.39 is 0 Å². The number of rotatable bonds is 6. The Morgan fingerprint density at radius 2 is 1.96 bits per heavy atom. The van der Waals surface area contributed by atoms with Crippen LogP contribution in [-0.2, 0) is 6.42 Å². The van der Waals surface area contributed by atoms with Gasteiger partial charge in [-0.05, 0) is 56.7 Å². The van der Waals surface area contributed by atoms with Crippen LogP contribution in [0.5, 0.6) is 5.75 Å². The van der Waals surface area contributed by atoms with Gasteiger partial charge in [0.05, 0.1) is 5.56 Å². The summed E-state index contributed by atoms with van der Waals surface area (Å²) in [4.78, 5) is 23.3. The number of anilines is 1. The van der Waals surface area contributed by atoms with E-state index in [4.69, 9.17) is 0 Å². The van der Waals surface area contributed by atoms with Crippen LogP contribution in [-0.4, -0.2) is 45.0 Å². The average molecular weight is 354 g/mol. The molecule has 0 spiro atoms. The smallest absolute Gasteiger partial charge is 0.257 e. The second-order valence-electron chi connectivity index (χ2n) is 6.68. The van der Waals surface area contributed by atoms with Gasteiger partial charge in [0, 0.05) is 31.5 Å². The highest BCUT2D eigenvalue weighted by Crippen LogP contribution is 2.24. The molecule has 1 aromatic heterocycles. The highest BCUT2D eigenvalue weighted by molar-refractivity contribution is 5.94. The Bertz CT molecular complexity index is 716. The Morgan fingerprint density at radius 3 is 2.65 bits per heavy atom. The summed E-state index contributed by atoms with van der Waals surface area (Å²) in [6.45, 7) is 3.52. The highest BCUT2D eigenvalue weighted by Gasteiger charge is 2.27. The van der Waals surface area contributed by atoms with Gasteiger partial charge in [0.2, 0.25) is 5.95 Å². The van der Waals surface area contributed by atoms with E-state index in [2.05, 4.69) is 15.3 Å². The molecular formula is C20H26N4O2. The fourth-order valence-corrected chi connectivity index (χ4v) is 3.42. The number of benzene rings is 1. The van der Waals surface area contributed by atoms with Gasteiger partial charge >= 0.3 is 0 Å². The molecule has 2 N–H and O–H groups in total. The first-order valence-electron chi connectivity index (χ1n) is 9.32. The van der Waals surface area contributed by atoms with E-state index in [1.807, 2.05) is 24.0 Å². The molecule has 138 valence electrons. The average Bonchev–Trinajstić information content (AvgIpc) is 2.68. The van der Waals surface area contributed by atoms with E-state index >= 15 is 0 Å². The fourth-order valence-electron chi connectivity index (χ4n) is 3.42. The predicted octanol–water partition coefficient (Wildman–Crippen LogP) is 3.24. The maximum Gasteiger partial charge on any atom is 0.257 e. The van der Waals surface area contributed by atoms with Crippen molar-refractivity contribution >= 4 is 11.9 Å². The largest absolute Gasteiger partial charge is 0.508 e. The number of aromatic hydroxyl groups is 1. The number of aromatic nitrogens is 2. The molecule has 0 bridgehead atoms. The van der Waals surface area contributed by atoms with Crippen LogP contribution in [0, 0.1) is 0 Å². The molecule has 1 amide bonds. The third kappa shape index (κ3) is 4.50. The van der Waals surface area contributed by atoms with E-state index in [1.165, 1.54) is 5.56 Å². The molecule has 1 saturated heterocycles. The fraction of sp³-hybridized carbons (Fsp3) is 0.450. The number of carbonyl (C=O) groups is 1. The molecular weight excluding hydrogens is 328 g/mol. The van der Waals surface area contributed by atoms with Gasteiger partial charge in [0.1, 0.15) is 5.75 Å². The molecule has 2 aromatic rings. The number of nitrogens with zero attached hydrogens (tertiary/aromatic N) is 3. The Hall–Kier alpha value is -2.63. The zero-order valence-electron chi connectivity index (χ0n) is 15.2. The molecule has 0 saturated carbocycles. The number of piperidine rings is 1. The number of hydrogen-bond acceptors (Lipinski definition) is 5. The zero-order valence-corrected chi connectivity index (χ0v) is 15.2. The SMILES string of the molecule is CCNc1ncc(C(=O)N2CCCCC2CCc2ccc(O)cc2)cn1. The molecule has 1 atom stereocenters. The van der Waals surface area contributed by atoms with Gasteiger partial charge < -0.3 is 15.3 Å². The number of hydrogen-bond donors (Lipinski definition) is 2. The Morgan fingerprint density at radius 1 is 1.23 bits per heavy atom. The van der Waals surface area contributed by atoms with Crippen LogP contribution in [0.15, 0.2) is 36.7 Å². The summed E-state index contributed by atoms with van der Waals surface area (Å²) < 4.78 is 0. The standard InChI is InChI=1S/C20H26N4O2/c1-2-21-20-22-13-16(14-23-20)19(26)24-12-4-3-5-17(24)9-6-15-7-10-18(25)11-8-15/h7-8,10-11,13-14,17,25H,2-6,9,12H2,1H3,(H,21,22,23). The molecule has 0 radical (unpaired) electrons. The maximum absolute atomic E-state index is 12.9. The third-order valence-electron chi connectivity index (χ3n) is 4.82. The van der Waals surface area contributed by atoms with Crippen molar-refractivity contribution in [3.63, 3.8) is 0 Å². The summed E-state index contributed by atoms with van der Waals surface area (Å²) in [5.74, 6) is 0.847. The Labute approximate surface area is 154 Å². The van der Waals surface area contributed by atoms with Gasteiger partial charge in [-0.1, -0.05) is 12.1 Å². The number of carbonyl (C=O) groups excluding carboxylic acids is 1. The normalized spacial score (nSPS) is 17.1. The zero-order chi connectivity index (χ0) is 18.4. The van der Waals surface area contributed by atoms with Gasteiger partial charge in [-0.2, -0.15) is 0 Å². The lowest BCUT2D eigenvalue weighted by atomic mass is 9.95. The van der Waals surface area contributed by atoms with Crippen LogP contribution < -0.4 is 5.32 Å². The van der Waals surface area contributed by atoms with Crippen LogP contribution >= 0.6 is 0 Å². The Kier molecular flexibility index (Phi) is 6.04. The molecule has 1 aromatic carbocycles. The van der Waals surface area contributed by atoms with E-state index in [0.29, 0.717) is 11.5 Å². The quantitative estimate of drug-likeness (QED) is 0.833. The molecule has 0 aliphatic carbocycles. The van der Waals surface area contributed by atoms with Gasteiger partial charge in [-0.15, -0.1) is 0 Å². The molecule has 2 heterocycles. The van der Waals surface area contributed by atoms with Crippen molar-refractivity contribution in [2.24, 2.45) is 0 Å². The van der Waals surface area contributed by atoms with Crippen LogP contribution in [0.25, 0.3) is 0 Å². The second kappa shape index (κ2) is 8.65. The second-order valence-corrected chi connectivity index (χ2v) is 6.68. The monoisotopic (exact) mass is 354 g/mol. The van der Waals surface area contributed by atoms with Crippen molar-refractivity contribution < 1.29 is 9.90 Å². The van der Waals surface area contributed by atoms with Crippen molar-refractivity contribution in [2.45, 2.75) is 45.1 Å². The molecule has 6 nitrogen and oxygen atoms in total. The van der Waals surface area contributed by atoms with Crippen LogP contribution in [0.2, 0.25) is 0 Å². The summed E-state index contributed by atoms with van der Waals surface area (Å²) in [6.07, 6.45) is 8.26. The minimum atomic E-state index is 0.0171. The van der Waals surface area contributed by atoms with Gasteiger partial charge in [0.15, 0.2) is 0 Å². The van der Waals surface area contributed by atoms with Crippen molar-refractivity contribution in [2.75, 3.05) is 18.4 Å². The number of nitrogens with one attached hydrogen (secondary N) is 1. The lowest BCUT2D eigenvalue weighted by molar-refractivity contribution is 0.0601. The molecule has 1 fully saturated rings. The van der Waals surface area contributed by atoms with Crippen molar-refractivity contribution in [3.8, 4) is 5.75 Å². The van der Waals surface area contributed by atoms with Crippen molar-refractivity contribution in [1.82, 2.24) is 14.9 Å². The third-order valence-corrected chi connectivity index (χ3v) is 4.82. The van der Waals surface area contributed by atoms with E-state index in [9.17, 15) is 9.90 Å². The van der Waals surface area contributed by atoms with E-state index in [0.717, 1.165) is 45.2 Å². The first-order valence-corrected chi connectivity index (χ1v) is 9.32. The maximum atomic E-state index is 12.9. The highest BCUT2D eigenvalue weighted by atomic mass is 16.3. The summed E-state index contributed by atoms with van der Waals surface area (Å²) in [5, 5.41) is 12.4. The number of likely N-dealkylation sites (tertiary alicyclic amines) is 1. The van der Waals surface area contributed by atoms with E-state index in [1.54, 1.807) is 24.5 Å². The molecule has 26 heavy (non-hydrogen) atoms. The van der Waals surface area contributed by atoms with Crippen molar-refractivity contribution in [3.05, 3.63) is 47.8 Å². The van der Waals surface area contributed by atoms with Crippen LogP contribution in [0.4, 0.5) is 5.95 Å². The molecule has 1 unspecified atom stereocenters. The number of amides is 1. The lowest BCUT2D eigenvalue weighted by Crippen LogP contribution is -2.44. The molecule has 1 aliphatic heterocycles. The van der Waals surface area contributed by atoms with Gasteiger partial charge in [0.25, 0.3) is 5.91 Å². The van der Waals surface area contributed by atoms with Crippen LogP contribution in [0.1, 0.15) is 48.5 Å². The summed E-state index contributed by atoms with van der Waals surface area (Å²) in [6, 6.07) is 7.54. The number of phenolic OH excluding ortho intramolecular Hbond substituents is 1. The summed E-state index contributed by atoms with van der Waals surface area (Å²) >= 11 is 0. The van der Waals surface area contributed by atoms with Gasteiger partial charge in [-0.3, -0.25) is 4.79 Å². The number of aryl methyl sites for hydroxylation is 1. The van der Waals surface area contributed by atoms with Gasteiger partial charge in [-0.25, -0.2) is 9.97 Å². The van der Waals surface area contributed by atoms with E-state index in [-0.39, 0.29) is 17.7 Å².